The Labute approximate surface area is 369 Å². The van der Waals surface area contributed by atoms with Gasteiger partial charge in [0.15, 0.2) is 0 Å². The molecule has 10 heteroatoms. The summed E-state index contributed by atoms with van der Waals surface area (Å²) in [5.41, 5.74) is 8.14. The fraction of sp³-hybridized carbons (Fsp3) is 0.686. The van der Waals surface area contributed by atoms with Crippen LogP contribution in [-0.4, -0.2) is 100 Å². The number of carbonyl (C=O) groups excluding carboxylic acids is 4. The number of ether oxygens (including phenoxy) is 4. The highest BCUT2D eigenvalue weighted by molar-refractivity contribution is 5.74. The van der Waals surface area contributed by atoms with E-state index in [0.717, 1.165) is 103 Å². The second-order valence-corrected chi connectivity index (χ2v) is 17.8. The summed E-state index contributed by atoms with van der Waals surface area (Å²) in [6.45, 7) is 15.4. The first-order chi connectivity index (χ1) is 29.2. The van der Waals surface area contributed by atoms with Gasteiger partial charge in [-0.2, -0.15) is 0 Å². The summed E-state index contributed by atoms with van der Waals surface area (Å²) in [6.07, 6.45) is 27.9. The van der Waals surface area contributed by atoms with Crippen molar-refractivity contribution >= 4 is 23.9 Å². The largest absolute Gasteiger partial charge is 0.462 e. The lowest BCUT2D eigenvalue weighted by Gasteiger charge is -2.23. The van der Waals surface area contributed by atoms with Gasteiger partial charge in [-0.15, -0.1) is 0 Å². The lowest BCUT2D eigenvalue weighted by molar-refractivity contribution is -0.155. The van der Waals surface area contributed by atoms with Gasteiger partial charge < -0.3 is 28.7 Å². The van der Waals surface area contributed by atoms with Crippen LogP contribution in [0.15, 0.2) is 69.9 Å². The van der Waals surface area contributed by atoms with E-state index in [0.29, 0.717) is 19.6 Å². The van der Waals surface area contributed by atoms with E-state index < -0.39 is 0 Å². The highest BCUT2D eigenvalue weighted by Crippen LogP contribution is 2.29. The minimum absolute atomic E-state index is 0.0155. The van der Waals surface area contributed by atoms with Gasteiger partial charge in [-0.05, 0) is 165 Å². The molecule has 2 rings (SSSR count). The molecule has 0 saturated heterocycles. The Morgan fingerprint density at radius 2 is 0.984 bits per heavy atom. The Balaban J connectivity index is 1.64. The van der Waals surface area contributed by atoms with Gasteiger partial charge in [0.1, 0.15) is 26.4 Å². The highest BCUT2D eigenvalue weighted by Gasteiger charge is 2.25. The molecule has 2 aliphatic rings. The van der Waals surface area contributed by atoms with Crippen LogP contribution in [0.5, 0.6) is 0 Å². The average molecular weight is 851 g/mol. The predicted octanol–water partition coefficient (Wildman–Crippen LogP) is 10.6. The van der Waals surface area contributed by atoms with Crippen LogP contribution >= 0.6 is 0 Å². The molecule has 0 amide bonds. The maximum Gasteiger partial charge on any atom is 0.309 e. The number of hydrogen-bond acceptors (Lipinski definition) is 10. The molecule has 2 atom stereocenters. The highest BCUT2D eigenvalue weighted by atomic mass is 16.6. The van der Waals surface area contributed by atoms with Crippen molar-refractivity contribution in [1.29, 1.82) is 0 Å². The smallest absolute Gasteiger partial charge is 0.309 e. The number of hydrogen-bond donors (Lipinski definition) is 0. The van der Waals surface area contributed by atoms with Crippen LogP contribution in [0.25, 0.3) is 0 Å². The number of rotatable bonds is 30. The molecule has 0 saturated carbocycles. The van der Waals surface area contributed by atoms with Crippen LogP contribution < -0.4 is 0 Å². The zero-order valence-corrected chi connectivity index (χ0v) is 39.5. The van der Waals surface area contributed by atoms with Crippen molar-refractivity contribution in [2.45, 2.75) is 151 Å². The van der Waals surface area contributed by atoms with Crippen molar-refractivity contribution < 1.29 is 38.1 Å². The average Bonchev–Trinajstić information content (AvgIpc) is 3.21. The standard InChI is InChI=1S/C51H82N2O8/c1-40(2)16-9-18-42(5)20-11-22-44-24-13-26-46(38-44)50(56)60-36-34-58-48(54)28-32-53(31-15-30-52(7)8)33-29-49(55)59-35-37-61-51(57)47-27-14-25-45(39-47)23-12-21-43(6)19-10-17-41(3)4/h16-17,20-21,24-25,46-47H,9-15,18-19,22-23,26-39H2,1-8H3/b42-20+,43-21+. The normalized spacial score (nSPS) is 17.0. The van der Waals surface area contributed by atoms with Crippen LogP contribution in [0.3, 0.4) is 0 Å². The van der Waals surface area contributed by atoms with E-state index in [1.807, 2.05) is 14.1 Å². The Morgan fingerprint density at radius 1 is 0.557 bits per heavy atom. The molecule has 0 aromatic rings. The minimum atomic E-state index is -0.372. The topological polar surface area (TPSA) is 112 Å². The van der Waals surface area contributed by atoms with Crippen LogP contribution in [0.2, 0.25) is 0 Å². The molecule has 0 radical (unpaired) electrons. The van der Waals surface area contributed by atoms with E-state index in [1.54, 1.807) is 0 Å². The number of nitrogens with zero attached hydrogens (tertiary/aromatic N) is 2. The molecule has 0 spiro atoms. The number of carbonyl (C=O) groups is 4. The second kappa shape index (κ2) is 32.0. The van der Waals surface area contributed by atoms with E-state index in [1.165, 1.54) is 33.4 Å². The maximum absolute atomic E-state index is 12.8. The lowest BCUT2D eigenvalue weighted by atomic mass is 9.87. The summed E-state index contributed by atoms with van der Waals surface area (Å²) >= 11 is 0. The molecule has 0 fully saturated rings. The van der Waals surface area contributed by atoms with Gasteiger partial charge in [-0.25, -0.2) is 0 Å². The molecule has 0 N–H and O–H groups in total. The SMILES string of the molecule is CC(C)=CCC/C(C)=C/CCC1=CCCC(C(=O)OCCOC(=O)CCN(CCCN(C)C)CCC(=O)OCCOC(=O)C2CCC=C(CC/C=C(\C)CCC=C(C)C)C2)C1. The molecule has 61 heavy (non-hydrogen) atoms. The van der Waals surface area contributed by atoms with Crippen LogP contribution in [0.4, 0.5) is 0 Å². The molecule has 0 heterocycles. The second-order valence-electron chi connectivity index (χ2n) is 17.8. The Kier molecular flexibility index (Phi) is 28.0. The summed E-state index contributed by atoms with van der Waals surface area (Å²) in [6, 6.07) is 0. The quantitative estimate of drug-likeness (QED) is 0.0300. The Hall–Kier alpha value is -3.76. The molecule has 344 valence electrons. The predicted molar refractivity (Wildman–Crippen MR) is 247 cm³/mol. The van der Waals surface area contributed by atoms with E-state index in [9.17, 15) is 19.2 Å². The molecule has 10 nitrogen and oxygen atoms in total. The van der Waals surface area contributed by atoms with Gasteiger partial charge >= 0.3 is 23.9 Å². The lowest BCUT2D eigenvalue weighted by Crippen LogP contribution is -2.32. The zero-order valence-electron chi connectivity index (χ0n) is 39.5. The summed E-state index contributed by atoms with van der Waals surface area (Å²) < 4.78 is 21.8. The van der Waals surface area contributed by atoms with Crippen molar-refractivity contribution in [3.8, 4) is 0 Å². The molecular formula is C51H82N2O8. The first-order valence-electron chi connectivity index (χ1n) is 23.2. The van der Waals surface area contributed by atoms with E-state index in [4.69, 9.17) is 18.9 Å². The third kappa shape index (κ3) is 27.0. The summed E-state index contributed by atoms with van der Waals surface area (Å²) in [4.78, 5) is 55.0. The van der Waals surface area contributed by atoms with Gasteiger partial charge in [-0.1, -0.05) is 69.9 Å². The zero-order chi connectivity index (χ0) is 44.8. The molecule has 2 aliphatic carbocycles. The minimum Gasteiger partial charge on any atom is -0.462 e. The van der Waals surface area contributed by atoms with Gasteiger partial charge in [0.25, 0.3) is 0 Å². The molecular weight excluding hydrogens is 769 g/mol. The fourth-order valence-corrected chi connectivity index (χ4v) is 7.60. The molecule has 0 aromatic carbocycles. The van der Waals surface area contributed by atoms with Crippen molar-refractivity contribution in [3.05, 3.63) is 69.9 Å². The van der Waals surface area contributed by atoms with Crippen LogP contribution in [0, 0.1) is 11.8 Å². The first-order valence-corrected chi connectivity index (χ1v) is 23.2. The maximum atomic E-state index is 12.8. The Bertz CT molecular complexity index is 1420. The summed E-state index contributed by atoms with van der Waals surface area (Å²) in [5, 5.41) is 0. The molecule has 0 aliphatic heterocycles. The van der Waals surface area contributed by atoms with Gasteiger partial charge in [0.2, 0.25) is 0 Å². The van der Waals surface area contributed by atoms with Crippen molar-refractivity contribution in [3.63, 3.8) is 0 Å². The first kappa shape index (κ1) is 53.4. The van der Waals surface area contributed by atoms with Crippen molar-refractivity contribution in [1.82, 2.24) is 9.80 Å². The van der Waals surface area contributed by atoms with Crippen molar-refractivity contribution in [2.75, 3.05) is 66.7 Å². The summed E-state index contributed by atoms with van der Waals surface area (Å²) in [7, 11) is 4.02. The van der Waals surface area contributed by atoms with E-state index in [2.05, 4.69) is 87.8 Å². The van der Waals surface area contributed by atoms with Crippen LogP contribution in [-0.2, 0) is 38.1 Å². The monoisotopic (exact) mass is 851 g/mol. The third-order valence-corrected chi connectivity index (χ3v) is 11.2. The van der Waals surface area contributed by atoms with Gasteiger partial charge in [-0.3, -0.25) is 19.2 Å². The van der Waals surface area contributed by atoms with E-state index >= 15 is 0 Å². The fourth-order valence-electron chi connectivity index (χ4n) is 7.60. The van der Waals surface area contributed by atoms with Gasteiger partial charge in [0, 0.05) is 13.1 Å². The van der Waals surface area contributed by atoms with E-state index in [-0.39, 0.29) is 75.0 Å². The number of allylic oxidation sites excluding steroid dienone is 12. The molecule has 2 unspecified atom stereocenters. The van der Waals surface area contributed by atoms with Gasteiger partial charge in [0.05, 0.1) is 24.7 Å². The van der Waals surface area contributed by atoms with Crippen LogP contribution in [0.1, 0.15) is 151 Å². The molecule has 0 aromatic heterocycles. The van der Waals surface area contributed by atoms with Crippen molar-refractivity contribution in [2.24, 2.45) is 11.8 Å². The third-order valence-electron chi connectivity index (χ3n) is 11.2. The number of esters is 4. The molecule has 0 bridgehead atoms. The Morgan fingerprint density at radius 3 is 1.39 bits per heavy atom. The summed E-state index contributed by atoms with van der Waals surface area (Å²) in [5.74, 6) is -1.50.